The van der Waals surface area contributed by atoms with E-state index in [9.17, 15) is 0 Å². The molecule has 0 saturated carbocycles. The molecule has 0 bridgehead atoms. The number of methoxy groups -OCH3 is 1. The van der Waals surface area contributed by atoms with Crippen LogP contribution in [0.4, 0.5) is 5.95 Å². The lowest BCUT2D eigenvalue weighted by Crippen LogP contribution is -2.39. The van der Waals surface area contributed by atoms with Crippen LogP contribution in [0.2, 0.25) is 0 Å². The zero-order valence-corrected chi connectivity index (χ0v) is 12.3. The van der Waals surface area contributed by atoms with Crippen molar-refractivity contribution < 1.29 is 9.47 Å². The Hall–Kier alpha value is -2.14. The van der Waals surface area contributed by atoms with Crippen molar-refractivity contribution in [3.63, 3.8) is 0 Å². The molecule has 2 aromatic rings. The van der Waals surface area contributed by atoms with Crippen LogP contribution in [0.15, 0.2) is 36.7 Å². The predicted molar refractivity (Wildman–Crippen MR) is 80.7 cm³/mol. The largest absolute Gasteiger partial charge is 0.497 e. The normalized spacial score (nSPS) is 18.6. The van der Waals surface area contributed by atoms with Crippen LogP contribution in [0.3, 0.4) is 0 Å². The first kappa shape index (κ1) is 13.8. The van der Waals surface area contributed by atoms with Gasteiger partial charge in [-0.2, -0.15) is 0 Å². The van der Waals surface area contributed by atoms with Crippen LogP contribution in [0.25, 0.3) is 0 Å². The highest BCUT2D eigenvalue weighted by Crippen LogP contribution is 2.26. The van der Waals surface area contributed by atoms with E-state index in [0.717, 1.165) is 35.9 Å². The van der Waals surface area contributed by atoms with E-state index in [-0.39, 0.29) is 6.10 Å². The summed E-state index contributed by atoms with van der Waals surface area (Å²) in [6, 6.07) is 8.00. The predicted octanol–water partition coefficient (Wildman–Crippen LogP) is 2.37. The minimum absolute atomic E-state index is 0.0127. The van der Waals surface area contributed by atoms with E-state index in [2.05, 4.69) is 20.9 Å². The molecular weight excluding hydrogens is 266 g/mol. The molecule has 0 N–H and O–H groups in total. The molecule has 5 nitrogen and oxygen atoms in total. The van der Waals surface area contributed by atoms with Crippen LogP contribution >= 0.6 is 0 Å². The van der Waals surface area contributed by atoms with E-state index in [1.54, 1.807) is 7.11 Å². The minimum atomic E-state index is 0.0127. The maximum Gasteiger partial charge on any atom is 0.225 e. The van der Waals surface area contributed by atoms with Gasteiger partial charge in [0.2, 0.25) is 5.95 Å². The van der Waals surface area contributed by atoms with Crippen LogP contribution < -0.4 is 9.64 Å². The number of aryl methyl sites for hydroxylation is 1. The second kappa shape index (κ2) is 6.10. The highest BCUT2D eigenvalue weighted by molar-refractivity contribution is 5.35. The zero-order chi connectivity index (χ0) is 14.7. The quantitative estimate of drug-likeness (QED) is 0.866. The van der Waals surface area contributed by atoms with Crippen molar-refractivity contribution in [2.24, 2.45) is 0 Å². The number of nitrogens with zero attached hydrogens (tertiary/aromatic N) is 3. The van der Waals surface area contributed by atoms with Crippen molar-refractivity contribution in [1.82, 2.24) is 9.97 Å². The second-order valence-corrected chi connectivity index (χ2v) is 5.14. The van der Waals surface area contributed by atoms with E-state index >= 15 is 0 Å². The van der Waals surface area contributed by atoms with Crippen molar-refractivity contribution in [2.45, 2.75) is 13.0 Å². The average molecular weight is 285 g/mol. The molecule has 1 atom stereocenters. The minimum Gasteiger partial charge on any atom is -0.497 e. The molecule has 5 heteroatoms. The van der Waals surface area contributed by atoms with Gasteiger partial charge in [0, 0.05) is 18.9 Å². The number of benzene rings is 1. The Kier molecular flexibility index (Phi) is 4.01. The Balaban J connectivity index is 1.77. The number of hydrogen-bond acceptors (Lipinski definition) is 5. The fraction of sp³-hybridized carbons (Fsp3) is 0.375. The summed E-state index contributed by atoms with van der Waals surface area (Å²) in [7, 11) is 1.67. The third-order valence-electron chi connectivity index (χ3n) is 3.58. The van der Waals surface area contributed by atoms with Gasteiger partial charge < -0.3 is 14.4 Å². The summed E-state index contributed by atoms with van der Waals surface area (Å²) in [5.41, 5.74) is 2.18. The third kappa shape index (κ3) is 3.13. The van der Waals surface area contributed by atoms with Crippen molar-refractivity contribution in [1.29, 1.82) is 0 Å². The first-order chi connectivity index (χ1) is 10.3. The van der Waals surface area contributed by atoms with Crippen molar-refractivity contribution in [3.05, 3.63) is 47.8 Å². The van der Waals surface area contributed by atoms with Crippen LogP contribution in [0.1, 0.15) is 17.2 Å². The molecule has 1 aromatic heterocycles. The van der Waals surface area contributed by atoms with Crippen molar-refractivity contribution in [3.8, 4) is 5.75 Å². The van der Waals surface area contributed by atoms with E-state index in [1.165, 1.54) is 0 Å². The summed E-state index contributed by atoms with van der Waals surface area (Å²) in [6.45, 7) is 4.21. The summed E-state index contributed by atoms with van der Waals surface area (Å²) in [5, 5.41) is 0. The van der Waals surface area contributed by atoms with Crippen LogP contribution in [0.5, 0.6) is 5.75 Å². The Morgan fingerprint density at radius 1 is 1.29 bits per heavy atom. The number of anilines is 1. The Labute approximate surface area is 124 Å². The number of ether oxygens (including phenoxy) is 2. The van der Waals surface area contributed by atoms with Crippen molar-refractivity contribution in [2.75, 3.05) is 31.7 Å². The molecule has 0 aliphatic carbocycles. The lowest BCUT2D eigenvalue weighted by atomic mass is 10.1. The van der Waals surface area contributed by atoms with Crippen LogP contribution in [-0.2, 0) is 4.74 Å². The third-order valence-corrected chi connectivity index (χ3v) is 3.58. The second-order valence-electron chi connectivity index (χ2n) is 5.14. The number of morpholine rings is 1. The Bertz CT molecular complexity index is 601. The van der Waals surface area contributed by atoms with Gasteiger partial charge in [-0.1, -0.05) is 12.1 Å². The summed E-state index contributed by atoms with van der Waals surface area (Å²) in [4.78, 5) is 11.0. The van der Waals surface area contributed by atoms with E-state index < -0.39 is 0 Å². The fourth-order valence-corrected chi connectivity index (χ4v) is 2.42. The van der Waals surface area contributed by atoms with Crippen LogP contribution in [-0.4, -0.2) is 36.8 Å². The lowest BCUT2D eigenvalue weighted by Gasteiger charge is -2.33. The number of aromatic nitrogens is 2. The SMILES string of the molecule is COc1cccc(C2CN(c3ncc(C)cn3)CCO2)c1. The molecule has 110 valence electrons. The van der Waals surface area contributed by atoms with Gasteiger partial charge in [-0.25, -0.2) is 9.97 Å². The van der Waals surface area contributed by atoms with Gasteiger partial charge >= 0.3 is 0 Å². The first-order valence-corrected chi connectivity index (χ1v) is 7.05. The van der Waals surface area contributed by atoms with E-state index in [1.807, 2.05) is 37.5 Å². The molecule has 3 rings (SSSR count). The maximum atomic E-state index is 5.89. The highest BCUT2D eigenvalue weighted by Gasteiger charge is 2.23. The molecule has 1 aromatic carbocycles. The van der Waals surface area contributed by atoms with Crippen LogP contribution in [0, 0.1) is 6.92 Å². The molecule has 21 heavy (non-hydrogen) atoms. The Morgan fingerprint density at radius 2 is 2.10 bits per heavy atom. The summed E-state index contributed by atoms with van der Waals surface area (Å²) >= 11 is 0. The number of hydrogen-bond donors (Lipinski definition) is 0. The summed E-state index contributed by atoms with van der Waals surface area (Å²) < 4.78 is 11.2. The highest BCUT2D eigenvalue weighted by atomic mass is 16.5. The molecule has 1 aliphatic rings. The molecule has 1 unspecified atom stereocenters. The molecule has 1 aliphatic heterocycles. The summed E-state index contributed by atoms with van der Waals surface area (Å²) in [5.74, 6) is 1.61. The monoisotopic (exact) mass is 285 g/mol. The van der Waals surface area contributed by atoms with Gasteiger partial charge in [0.15, 0.2) is 0 Å². The number of rotatable bonds is 3. The molecule has 0 spiro atoms. The standard InChI is InChI=1S/C16H19N3O2/c1-12-9-17-16(18-10-12)19-6-7-21-15(11-19)13-4-3-5-14(8-13)20-2/h3-5,8-10,15H,6-7,11H2,1-2H3. The summed E-state index contributed by atoms with van der Waals surface area (Å²) in [6.07, 6.45) is 3.70. The average Bonchev–Trinajstić information content (AvgIpc) is 2.56. The van der Waals surface area contributed by atoms with Gasteiger partial charge in [0.05, 0.1) is 20.3 Å². The fourth-order valence-electron chi connectivity index (χ4n) is 2.42. The molecule has 0 radical (unpaired) electrons. The maximum absolute atomic E-state index is 5.89. The molecule has 2 heterocycles. The molecular formula is C16H19N3O2. The van der Waals surface area contributed by atoms with Gasteiger partial charge in [-0.15, -0.1) is 0 Å². The zero-order valence-electron chi connectivity index (χ0n) is 12.3. The van der Waals surface area contributed by atoms with Gasteiger partial charge in [-0.3, -0.25) is 0 Å². The molecule has 1 saturated heterocycles. The lowest BCUT2D eigenvalue weighted by molar-refractivity contribution is 0.0391. The molecule has 0 amide bonds. The van der Waals surface area contributed by atoms with Crippen molar-refractivity contribution >= 4 is 5.95 Å². The Morgan fingerprint density at radius 3 is 2.86 bits per heavy atom. The van der Waals surface area contributed by atoms with Gasteiger partial charge in [0.1, 0.15) is 11.9 Å². The van der Waals surface area contributed by atoms with E-state index in [4.69, 9.17) is 9.47 Å². The van der Waals surface area contributed by atoms with E-state index in [0.29, 0.717) is 6.61 Å². The first-order valence-electron chi connectivity index (χ1n) is 7.05. The van der Waals surface area contributed by atoms with Gasteiger partial charge in [-0.05, 0) is 30.2 Å². The van der Waals surface area contributed by atoms with Gasteiger partial charge in [0.25, 0.3) is 0 Å². The smallest absolute Gasteiger partial charge is 0.225 e. The molecule has 1 fully saturated rings. The topological polar surface area (TPSA) is 47.5 Å².